The van der Waals surface area contributed by atoms with E-state index in [9.17, 15) is 9.90 Å². The van der Waals surface area contributed by atoms with E-state index in [-0.39, 0.29) is 5.91 Å². The quantitative estimate of drug-likeness (QED) is 0.808. The zero-order valence-corrected chi connectivity index (χ0v) is 12.3. The Kier molecular flexibility index (Phi) is 4.53. The van der Waals surface area contributed by atoms with E-state index in [1.165, 1.54) is 11.1 Å². The fourth-order valence-electron chi connectivity index (χ4n) is 3.16. The maximum Gasteiger partial charge on any atom is 0.236 e. The third-order valence-corrected chi connectivity index (χ3v) is 4.30. The number of carbonyl (C=O) groups is 1. The van der Waals surface area contributed by atoms with E-state index in [1.807, 2.05) is 0 Å². The molecule has 2 N–H and O–H groups in total. The molecule has 2 aliphatic heterocycles. The molecule has 1 aromatic rings. The maximum absolute atomic E-state index is 11.7. The fraction of sp³-hybridized carbons (Fsp3) is 0.562. The largest absolute Gasteiger partial charge is 0.390 e. The van der Waals surface area contributed by atoms with Crippen molar-refractivity contribution in [1.29, 1.82) is 0 Å². The number of amides is 1. The van der Waals surface area contributed by atoms with E-state index in [2.05, 4.69) is 34.5 Å². The van der Waals surface area contributed by atoms with Gasteiger partial charge >= 0.3 is 0 Å². The third-order valence-electron chi connectivity index (χ3n) is 4.30. The van der Waals surface area contributed by atoms with Crippen LogP contribution in [-0.2, 0) is 17.8 Å². The molecule has 0 aliphatic carbocycles. The highest BCUT2D eigenvalue weighted by atomic mass is 16.3. The zero-order chi connectivity index (χ0) is 14.7. The van der Waals surface area contributed by atoms with Gasteiger partial charge in [-0.25, -0.2) is 0 Å². The lowest BCUT2D eigenvalue weighted by Gasteiger charge is -2.33. The molecule has 3 rings (SSSR count). The molecule has 2 aliphatic rings. The molecular weight excluding hydrogens is 266 g/mol. The minimum Gasteiger partial charge on any atom is -0.390 e. The van der Waals surface area contributed by atoms with Crippen molar-refractivity contribution >= 4 is 5.91 Å². The molecule has 2 heterocycles. The van der Waals surface area contributed by atoms with Crippen molar-refractivity contribution in [2.24, 2.45) is 0 Å². The van der Waals surface area contributed by atoms with Crippen LogP contribution in [0.1, 0.15) is 11.1 Å². The molecule has 5 nitrogen and oxygen atoms in total. The smallest absolute Gasteiger partial charge is 0.236 e. The standard InChI is InChI=1S/C16H23N3O2/c20-15(12-19-8-6-17-9-16(19)21)11-18-7-5-13-3-1-2-4-14(13)10-18/h1-4,15,17,20H,5-12H2. The lowest BCUT2D eigenvalue weighted by atomic mass is 10.00. The number of fused-ring (bicyclic) bond motifs is 1. The highest BCUT2D eigenvalue weighted by molar-refractivity contribution is 5.79. The van der Waals surface area contributed by atoms with E-state index in [0.717, 1.165) is 26.1 Å². The Morgan fingerprint density at radius 2 is 2.00 bits per heavy atom. The summed E-state index contributed by atoms with van der Waals surface area (Å²) in [6.45, 7) is 4.84. The number of β-amino-alcohol motifs (C(OH)–C–C–N with tert-alkyl or cyclic N) is 1. The summed E-state index contributed by atoms with van der Waals surface area (Å²) in [5, 5.41) is 13.3. The fourth-order valence-corrected chi connectivity index (χ4v) is 3.16. The van der Waals surface area contributed by atoms with Crippen molar-refractivity contribution in [1.82, 2.24) is 15.1 Å². The first-order valence-electron chi connectivity index (χ1n) is 7.68. The molecule has 0 saturated carbocycles. The van der Waals surface area contributed by atoms with Crippen LogP contribution in [0.4, 0.5) is 0 Å². The molecule has 0 aromatic heterocycles. The average molecular weight is 289 g/mol. The van der Waals surface area contributed by atoms with Gasteiger partial charge in [0.2, 0.25) is 5.91 Å². The molecule has 1 amide bonds. The van der Waals surface area contributed by atoms with Crippen LogP contribution in [0.5, 0.6) is 0 Å². The van der Waals surface area contributed by atoms with Crippen LogP contribution in [0, 0.1) is 0 Å². The van der Waals surface area contributed by atoms with E-state index in [0.29, 0.717) is 26.2 Å². The number of hydrogen-bond donors (Lipinski definition) is 2. The van der Waals surface area contributed by atoms with Crippen molar-refractivity contribution in [2.75, 3.05) is 39.3 Å². The first-order valence-corrected chi connectivity index (χ1v) is 7.68. The summed E-state index contributed by atoms with van der Waals surface area (Å²) < 4.78 is 0. The molecule has 114 valence electrons. The minimum absolute atomic E-state index is 0.0873. The number of piperazine rings is 1. The van der Waals surface area contributed by atoms with Gasteiger partial charge in [0.25, 0.3) is 0 Å². The summed E-state index contributed by atoms with van der Waals surface area (Å²) in [5.41, 5.74) is 2.77. The van der Waals surface area contributed by atoms with Crippen LogP contribution in [0.3, 0.4) is 0 Å². The summed E-state index contributed by atoms with van der Waals surface area (Å²) in [6.07, 6.45) is 0.562. The van der Waals surface area contributed by atoms with Crippen molar-refractivity contribution in [2.45, 2.75) is 19.1 Å². The van der Waals surface area contributed by atoms with Crippen molar-refractivity contribution in [3.05, 3.63) is 35.4 Å². The van der Waals surface area contributed by atoms with E-state index in [4.69, 9.17) is 0 Å². The van der Waals surface area contributed by atoms with Crippen LogP contribution >= 0.6 is 0 Å². The number of aliphatic hydroxyl groups is 1. The van der Waals surface area contributed by atoms with Gasteiger partial charge in [-0.1, -0.05) is 24.3 Å². The number of carbonyl (C=O) groups excluding carboxylic acids is 1. The van der Waals surface area contributed by atoms with Gasteiger partial charge in [0.1, 0.15) is 0 Å². The highest BCUT2D eigenvalue weighted by Gasteiger charge is 2.23. The van der Waals surface area contributed by atoms with Gasteiger partial charge in [-0.05, 0) is 17.5 Å². The topological polar surface area (TPSA) is 55.8 Å². The van der Waals surface area contributed by atoms with Crippen molar-refractivity contribution in [3.63, 3.8) is 0 Å². The van der Waals surface area contributed by atoms with Crippen molar-refractivity contribution < 1.29 is 9.90 Å². The summed E-state index contributed by atoms with van der Waals surface area (Å²) in [5.74, 6) is 0.0873. The van der Waals surface area contributed by atoms with Crippen LogP contribution in [0.15, 0.2) is 24.3 Å². The van der Waals surface area contributed by atoms with Gasteiger partial charge in [-0.15, -0.1) is 0 Å². The molecule has 5 heteroatoms. The SMILES string of the molecule is O=C1CNCCN1CC(O)CN1CCc2ccccc2C1. The Morgan fingerprint density at radius 3 is 2.81 bits per heavy atom. The van der Waals surface area contributed by atoms with Crippen LogP contribution in [-0.4, -0.2) is 66.2 Å². The number of hydrogen-bond acceptors (Lipinski definition) is 4. The predicted molar refractivity (Wildman–Crippen MR) is 80.9 cm³/mol. The van der Waals surface area contributed by atoms with Gasteiger partial charge in [-0.3, -0.25) is 9.69 Å². The Hall–Kier alpha value is -1.43. The highest BCUT2D eigenvalue weighted by Crippen LogP contribution is 2.18. The summed E-state index contributed by atoms with van der Waals surface area (Å²) in [7, 11) is 0. The molecule has 1 aromatic carbocycles. The lowest BCUT2D eigenvalue weighted by Crippen LogP contribution is -2.52. The van der Waals surface area contributed by atoms with E-state index in [1.54, 1.807) is 4.90 Å². The Morgan fingerprint density at radius 1 is 1.19 bits per heavy atom. The monoisotopic (exact) mass is 289 g/mol. The second kappa shape index (κ2) is 6.56. The molecule has 0 spiro atoms. The molecule has 0 bridgehead atoms. The molecular formula is C16H23N3O2. The average Bonchev–Trinajstić information content (AvgIpc) is 2.49. The third kappa shape index (κ3) is 3.61. The summed E-state index contributed by atoms with van der Waals surface area (Å²) in [4.78, 5) is 15.8. The maximum atomic E-state index is 11.7. The second-order valence-corrected chi connectivity index (χ2v) is 5.92. The number of nitrogens with zero attached hydrogens (tertiary/aromatic N) is 2. The van der Waals surface area contributed by atoms with Gasteiger partial charge in [0.05, 0.1) is 12.6 Å². The van der Waals surface area contributed by atoms with Gasteiger partial charge < -0.3 is 15.3 Å². The number of rotatable bonds is 4. The lowest BCUT2D eigenvalue weighted by molar-refractivity contribution is -0.133. The Balaban J connectivity index is 1.51. The molecule has 1 unspecified atom stereocenters. The minimum atomic E-state index is -0.475. The number of nitrogens with one attached hydrogen (secondary N) is 1. The normalized spacial score (nSPS) is 21.2. The second-order valence-electron chi connectivity index (χ2n) is 5.92. The van der Waals surface area contributed by atoms with E-state index >= 15 is 0 Å². The van der Waals surface area contributed by atoms with Gasteiger partial charge in [0.15, 0.2) is 0 Å². The van der Waals surface area contributed by atoms with Crippen LogP contribution < -0.4 is 5.32 Å². The van der Waals surface area contributed by atoms with Crippen LogP contribution in [0.2, 0.25) is 0 Å². The Labute approximate surface area is 125 Å². The summed E-state index contributed by atoms with van der Waals surface area (Å²) in [6, 6.07) is 8.49. The number of benzene rings is 1. The Bertz CT molecular complexity index is 506. The molecule has 1 saturated heterocycles. The van der Waals surface area contributed by atoms with E-state index < -0.39 is 6.10 Å². The van der Waals surface area contributed by atoms with Crippen molar-refractivity contribution in [3.8, 4) is 0 Å². The van der Waals surface area contributed by atoms with Gasteiger partial charge in [-0.2, -0.15) is 0 Å². The first-order chi connectivity index (χ1) is 10.2. The summed E-state index contributed by atoms with van der Waals surface area (Å²) >= 11 is 0. The van der Waals surface area contributed by atoms with Gasteiger partial charge in [0, 0.05) is 39.3 Å². The number of aliphatic hydroxyl groups excluding tert-OH is 1. The first kappa shape index (κ1) is 14.5. The molecule has 1 atom stereocenters. The predicted octanol–water partition coefficient (Wildman–Crippen LogP) is -0.163. The molecule has 21 heavy (non-hydrogen) atoms. The van der Waals surface area contributed by atoms with Crippen LogP contribution in [0.25, 0.3) is 0 Å². The molecule has 0 radical (unpaired) electrons. The zero-order valence-electron chi connectivity index (χ0n) is 12.3. The molecule has 1 fully saturated rings.